The first-order valence-corrected chi connectivity index (χ1v) is 10.1. The number of rotatable bonds is 7. The topological polar surface area (TPSA) is 112 Å². The normalized spacial score (nSPS) is 18.0. The van der Waals surface area contributed by atoms with Gasteiger partial charge < -0.3 is 24.8 Å². The van der Waals surface area contributed by atoms with E-state index in [1.54, 1.807) is 24.4 Å². The van der Waals surface area contributed by atoms with Gasteiger partial charge in [0.15, 0.2) is 21.3 Å². The number of nitrogens with one attached hydrogen (secondary N) is 2. The van der Waals surface area contributed by atoms with E-state index in [0.717, 1.165) is 0 Å². The maximum atomic E-state index is 11.6. The van der Waals surface area contributed by atoms with Crippen molar-refractivity contribution < 1.29 is 22.6 Å². The fourth-order valence-electron chi connectivity index (χ4n) is 2.90. The van der Waals surface area contributed by atoms with E-state index < -0.39 is 9.84 Å². The number of anilines is 3. The summed E-state index contributed by atoms with van der Waals surface area (Å²) in [5.74, 6) is 2.73. The van der Waals surface area contributed by atoms with Crippen LogP contribution in [-0.2, 0) is 9.84 Å². The first-order chi connectivity index (χ1) is 12.9. The van der Waals surface area contributed by atoms with Crippen molar-refractivity contribution >= 4 is 27.3 Å². The maximum Gasteiger partial charge on any atom is 0.229 e. The van der Waals surface area contributed by atoms with Crippen LogP contribution < -0.4 is 24.8 Å². The van der Waals surface area contributed by atoms with E-state index in [1.807, 2.05) is 0 Å². The van der Waals surface area contributed by atoms with Crippen molar-refractivity contribution in [2.45, 2.75) is 12.5 Å². The van der Waals surface area contributed by atoms with Crippen molar-refractivity contribution in [2.24, 2.45) is 0 Å². The number of aromatic nitrogens is 2. The molecular formula is C17H22N4O5S. The molecule has 0 aliphatic carbocycles. The molecule has 1 atom stereocenters. The lowest BCUT2D eigenvalue weighted by Crippen LogP contribution is -2.21. The molecule has 1 aromatic heterocycles. The third-order valence-corrected chi connectivity index (χ3v) is 5.93. The Labute approximate surface area is 158 Å². The van der Waals surface area contributed by atoms with Crippen molar-refractivity contribution in [1.82, 2.24) is 9.97 Å². The zero-order valence-electron chi connectivity index (χ0n) is 15.4. The highest BCUT2D eigenvalue weighted by molar-refractivity contribution is 7.91. The fraction of sp³-hybridized carbons (Fsp3) is 0.412. The molecule has 27 heavy (non-hydrogen) atoms. The monoisotopic (exact) mass is 394 g/mol. The number of ether oxygens (including phenoxy) is 3. The van der Waals surface area contributed by atoms with E-state index in [9.17, 15) is 8.42 Å². The molecule has 1 unspecified atom stereocenters. The van der Waals surface area contributed by atoms with Gasteiger partial charge in [0.2, 0.25) is 11.7 Å². The summed E-state index contributed by atoms with van der Waals surface area (Å²) in [7, 11) is 1.66. The second-order valence-electron chi connectivity index (χ2n) is 6.05. The summed E-state index contributed by atoms with van der Waals surface area (Å²) in [5, 5.41) is 6.24. The van der Waals surface area contributed by atoms with Gasteiger partial charge in [0.05, 0.1) is 32.8 Å². The zero-order chi connectivity index (χ0) is 19.4. The number of sulfone groups is 1. The Hall–Kier alpha value is -2.75. The van der Waals surface area contributed by atoms with Crippen molar-refractivity contribution in [2.75, 3.05) is 43.5 Å². The number of benzene rings is 1. The summed E-state index contributed by atoms with van der Waals surface area (Å²) in [5.41, 5.74) is 0.657. The molecule has 1 aliphatic heterocycles. The van der Waals surface area contributed by atoms with Crippen LogP contribution in [-0.4, -0.2) is 57.3 Å². The summed E-state index contributed by atoms with van der Waals surface area (Å²) in [6.07, 6.45) is 2.17. The molecule has 1 aliphatic rings. The molecule has 0 radical (unpaired) electrons. The van der Waals surface area contributed by atoms with Gasteiger partial charge in [-0.15, -0.1) is 0 Å². The molecule has 2 heterocycles. The van der Waals surface area contributed by atoms with Crippen molar-refractivity contribution in [3.8, 4) is 17.2 Å². The lowest BCUT2D eigenvalue weighted by molar-refractivity contribution is 0.324. The number of nitrogens with zero attached hydrogens (tertiary/aromatic N) is 2. The van der Waals surface area contributed by atoms with Gasteiger partial charge in [0, 0.05) is 30.1 Å². The second-order valence-corrected chi connectivity index (χ2v) is 8.28. The summed E-state index contributed by atoms with van der Waals surface area (Å²) >= 11 is 0. The average Bonchev–Trinajstić information content (AvgIpc) is 2.99. The van der Waals surface area contributed by atoms with Gasteiger partial charge in [0.1, 0.15) is 5.82 Å². The van der Waals surface area contributed by atoms with Crippen LogP contribution in [0.15, 0.2) is 24.4 Å². The fourth-order valence-corrected chi connectivity index (χ4v) is 4.57. The van der Waals surface area contributed by atoms with Crippen LogP contribution in [0.3, 0.4) is 0 Å². The van der Waals surface area contributed by atoms with Crippen LogP contribution in [0.5, 0.6) is 17.2 Å². The zero-order valence-corrected chi connectivity index (χ0v) is 16.2. The van der Waals surface area contributed by atoms with E-state index in [0.29, 0.717) is 41.1 Å². The van der Waals surface area contributed by atoms with Crippen LogP contribution >= 0.6 is 0 Å². The third-order valence-electron chi connectivity index (χ3n) is 4.16. The van der Waals surface area contributed by atoms with E-state index >= 15 is 0 Å². The van der Waals surface area contributed by atoms with Crippen LogP contribution in [0.4, 0.5) is 17.5 Å². The molecule has 2 N–H and O–H groups in total. The number of hydrogen-bond donors (Lipinski definition) is 2. The van der Waals surface area contributed by atoms with Crippen molar-refractivity contribution in [3.63, 3.8) is 0 Å². The average molecular weight is 394 g/mol. The lowest BCUT2D eigenvalue weighted by Gasteiger charge is -2.15. The minimum atomic E-state index is -2.96. The molecule has 0 bridgehead atoms. The molecule has 1 aromatic carbocycles. The highest BCUT2D eigenvalue weighted by atomic mass is 32.2. The third kappa shape index (κ3) is 4.51. The van der Waals surface area contributed by atoms with E-state index in [4.69, 9.17) is 14.2 Å². The van der Waals surface area contributed by atoms with E-state index in [-0.39, 0.29) is 17.5 Å². The second kappa shape index (κ2) is 7.87. The van der Waals surface area contributed by atoms with Crippen LogP contribution in [0.1, 0.15) is 6.42 Å². The molecule has 2 aromatic rings. The van der Waals surface area contributed by atoms with Gasteiger partial charge in [-0.3, -0.25) is 0 Å². The quantitative estimate of drug-likeness (QED) is 0.726. The van der Waals surface area contributed by atoms with Gasteiger partial charge in [0.25, 0.3) is 0 Å². The molecular weight excluding hydrogens is 372 g/mol. The molecule has 146 valence electrons. The molecule has 1 fully saturated rings. The van der Waals surface area contributed by atoms with Gasteiger partial charge in [-0.1, -0.05) is 0 Å². The smallest absolute Gasteiger partial charge is 0.229 e. The van der Waals surface area contributed by atoms with E-state index in [2.05, 4.69) is 20.6 Å². The highest BCUT2D eigenvalue weighted by Gasteiger charge is 2.28. The Morgan fingerprint density at radius 3 is 2.37 bits per heavy atom. The van der Waals surface area contributed by atoms with Gasteiger partial charge in [-0.05, 0) is 12.5 Å². The molecule has 9 nitrogen and oxygen atoms in total. The Morgan fingerprint density at radius 2 is 1.81 bits per heavy atom. The number of methoxy groups -OCH3 is 3. The summed E-state index contributed by atoms with van der Waals surface area (Å²) in [4.78, 5) is 8.59. The first-order valence-electron chi connectivity index (χ1n) is 8.31. The predicted molar refractivity (Wildman–Crippen MR) is 102 cm³/mol. The minimum absolute atomic E-state index is 0.118. The first kappa shape index (κ1) is 19.0. The van der Waals surface area contributed by atoms with Gasteiger partial charge >= 0.3 is 0 Å². The highest BCUT2D eigenvalue weighted by Crippen LogP contribution is 2.40. The van der Waals surface area contributed by atoms with Crippen LogP contribution in [0.25, 0.3) is 0 Å². The van der Waals surface area contributed by atoms with Gasteiger partial charge in [-0.25, -0.2) is 13.4 Å². The Balaban J connectivity index is 1.78. The molecule has 1 saturated heterocycles. The molecule has 3 rings (SSSR count). The SMILES string of the molecule is COc1cc(Nc2nccc(NC3CCS(=O)(=O)C3)n2)cc(OC)c1OC. The van der Waals surface area contributed by atoms with Crippen LogP contribution in [0, 0.1) is 0 Å². The largest absolute Gasteiger partial charge is 0.493 e. The van der Waals surface area contributed by atoms with E-state index in [1.165, 1.54) is 21.3 Å². The number of hydrogen-bond acceptors (Lipinski definition) is 9. The molecule has 0 saturated carbocycles. The molecule has 10 heteroatoms. The molecule has 0 amide bonds. The standard InChI is InChI=1S/C17H22N4O5S/c1-24-13-8-12(9-14(25-2)16(13)26-3)20-17-18-6-4-15(21-17)19-11-5-7-27(22,23)10-11/h4,6,8-9,11H,5,7,10H2,1-3H3,(H2,18,19,20,21). The Kier molecular flexibility index (Phi) is 5.54. The summed E-state index contributed by atoms with van der Waals surface area (Å²) in [6, 6.07) is 5.05. The maximum absolute atomic E-state index is 11.6. The summed E-state index contributed by atoms with van der Waals surface area (Å²) in [6.45, 7) is 0. The van der Waals surface area contributed by atoms with Crippen molar-refractivity contribution in [3.05, 3.63) is 24.4 Å². The van der Waals surface area contributed by atoms with Gasteiger partial charge in [-0.2, -0.15) is 4.98 Å². The molecule has 0 spiro atoms. The predicted octanol–water partition coefficient (Wildman–Crippen LogP) is 1.84. The Bertz CT molecular complexity index is 894. The summed E-state index contributed by atoms with van der Waals surface area (Å²) < 4.78 is 39.2. The minimum Gasteiger partial charge on any atom is -0.493 e. The Morgan fingerprint density at radius 1 is 1.11 bits per heavy atom. The van der Waals surface area contributed by atoms with Crippen LogP contribution in [0.2, 0.25) is 0 Å². The van der Waals surface area contributed by atoms with Crippen molar-refractivity contribution in [1.29, 1.82) is 0 Å². The lowest BCUT2D eigenvalue weighted by atomic mass is 10.2.